The Kier molecular flexibility index (Phi) is 9.99. The number of carbonyl (C=O) groups excluding carboxylic acids is 3. The van der Waals surface area contributed by atoms with E-state index in [1.807, 2.05) is 30.3 Å². The molecule has 0 radical (unpaired) electrons. The van der Waals surface area contributed by atoms with Crippen molar-refractivity contribution in [3.8, 4) is 11.8 Å². The zero-order chi connectivity index (χ0) is 23.2. The summed E-state index contributed by atoms with van der Waals surface area (Å²) in [5.74, 6) is 9.79. The molecule has 0 heterocycles. The number of hydrogen-bond acceptors (Lipinski definition) is 6. The molecule has 4 N–H and O–H groups in total. The molecule has 2 aromatic rings. The minimum absolute atomic E-state index is 0.0178. The molecule has 2 amide bonds. The topological polar surface area (TPSA) is 123 Å². The van der Waals surface area contributed by atoms with Gasteiger partial charge in [-0.2, -0.15) is 5.10 Å². The first-order valence-corrected chi connectivity index (χ1v) is 10.1. The predicted molar refractivity (Wildman–Crippen MR) is 123 cm³/mol. The van der Waals surface area contributed by atoms with Crippen LogP contribution >= 0.6 is 0 Å². The van der Waals surface area contributed by atoms with E-state index in [4.69, 9.17) is 10.6 Å². The van der Waals surface area contributed by atoms with E-state index in [0.717, 1.165) is 11.1 Å². The molecule has 0 bridgehead atoms. The Hall–Kier alpha value is -4.12. The molecule has 0 spiro atoms. The summed E-state index contributed by atoms with van der Waals surface area (Å²) in [6.45, 7) is 1.95. The SMILES string of the molecule is CCOC(=O)CC(C#Cc1ccccc1)NC(=O)CCC(=O)Nc1ccc(C=NN)cc1. The zero-order valence-electron chi connectivity index (χ0n) is 17.8. The first-order chi connectivity index (χ1) is 15.5. The first kappa shape index (κ1) is 24.2. The number of nitrogens with one attached hydrogen (secondary N) is 2. The van der Waals surface area contributed by atoms with Gasteiger partial charge < -0.3 is 21.2 Å². The highest BCUT2D eigenvalue weighted by atomic mass is 16.5. The smallest absolute Gasteiger partial charge is 0.308 e. The summed E-state index contributed by atoms with van der Waals surface area (Å²) in [4.78, 5) is 36.3. The summed E-state index contributed by atoms with van der Waals surface area (Å²) in [5, 5.41) is 8.85. The van der Waals surface area contributed by atoms with E-state index in [1.54, 1.807) is 31.2 Å². The van der Waals surface area contributed by atoms with Crippen molar-refractivity contribution in [2.75, 3.05) is 11.9 Å². The molecule has 166 valence electrons. The average Bonchev–Trinajstić information content (AvgIpc) is 2.78. The molecule has 2 rings (SSSR count). The Morgan fingerprint density at radius 1 is 1.06 bits per heavy atom. The van der Waals surface area contributed by atoms with Crippen LogP contribution in [0.2, 0.25) is 0 Å². The maximum atomic E-state index is 12.3. The van der Waals surface area contributed by atoms with E-state index in [1.165, 1.54) is 6.21 Å². The van der Waals surface area contributed by atoms with Crippen LogP contribution in [-0.4, -0.2) is 36.6 Å². The van der Waals surface area contributed by atoms with E-state index >= 15 is 0 Å². The number of nitrogens with zero attached hydrogens (tertiary/aromatic N) is 1. The van der Waals surface area contributed by atoms with Crippen molar-refractivity contribution in [3.05, 3.63) is 65.7 Å². The van der Waals surface area contributed by atoms with Crippen molar-refractivity contribution in [1.29, 1.82) is 0 Å². The predicted octanol–water partition coefficient (Wildman–Crippen LogP) is 2.19. The number of anilines is 1. The maximum absolute atomic E-state index is 12.3. The van der Waals surface area contributed by atoms with Crippen molar-refractivity contribution in [3.63, 3.8) is 0 Å². The lowest BCUT2D eigenvalue weighted by molar-refractivity contribution is -0.143. The van der Waals surface area contributed by atoms with E-state index in [0.29, 0.717) is 5.69 Å². The third-order valence-electron chi connectivity index (χ3n) is 4.17. The molecule has 0 aromatic heterocycles. The Labute approximate surface area is 187 Å². The van der Waals surface area contributed by atoms with Crippen LogP contribution in [0.25, 0.3) is 0 Å². The van der Waals surface area contributed by atoms with Crippen LogP contribution in [0.5, 0.6) is 0 Å². The quantitative estimate of drug-likeness (QED) is 0.184. The van der Waals surface area contributed by atoms with Crippen LogP contribution in [0.15, 0.2) is 59.7 Å². The molecule has 0 aliphatic carbocycles. The molecule has 0 aliphatic rings. The second kappa shape index (κ2) is 13.2. The standard InChI is InChI=1S/C24H26N4O4/c1-2-32-24(31)16-21(13-8-18-6-4-3-5-7-18)28-23(30)15-14-22(29)27-20-11-9-19(10-12-20)17-26-25/h3-7,9-12,17,21H,2,14-16,25H2,1H3,(H,27,29)(H,28,30). The number of rotatable bonds is 9. The third kappa shape index (κ3) is 9.13. The monoisotopic (exact) mass is 434 g/mol. The second-order valence-corrected chi connectivity index (χ2v) is 6.71. The van der Waals surface area contributed by atoms with Crippen molar-refractivity contribution < 1.29 is 19.1 Å². The van der Waals surface area contributed by atoms with Gasteiger partial charge in [0.1, 0.15) is 6.04 Å². The Morgan fingerprint density at radius 2 is 1.75 bits per heavy atom. The van der Waals surface area contributed by atoms with E-state index in [-0.39, 0.29) is 37.7 Å². The number of hydrogen-bond donors (Lipinski definition) is 3. The van der Waals surface area contributed by atoms with Gasteiger partial charge in [0.05, 0.1) is 19.2 Å². The first-order valence-electron chi connectivity index (χ1n) is 10.1. The van der Waals surface area contributed by atoms with Crippen LogP contribution in [0.4, 0.5) is 5.69 Å². The number of benzene rings is 2. The number of hydrazone groups is 1. The highest BCUT2D eigenvalue weighted by Crippen LogP contribution is 2.09. The molecular formula is C24H26N4O4. The normalized spacial score (nSPS) is 11.2. The van der Waals surface area contributed by atoms with Crippen molar-refractivity contribution in [2.45, 2.75) is 32.2 Å². The van der Waals surface area contributed by atoms with Gasteiger partial charge in [0.25, 0.3) is 0 Å². The number of ether oxygens (including phenoxy) is 1. The summed E-state index contributed by atoms with van der Waals surface area (Å²) >= 11 is 0. The summed E-state index contributed by atoms with van der Waals surface area (Å²) in [7, 11) is 0. The highest BCUT2D eigenvalue weighted by Gasteiger charge is 2.16. The van der Waals surface area contributed by atoms with Gasteiger partial charge in [-0.1, -0.05) is 42.2 Å². The van der Waals surface area contributed by atoms with Gasteiger partial charge in [0.2, 0.25) is 11.8 Å². The van der Waals surface area contributed by atoms with Crippen LogP contribution < -0.4 is 16.5 Å². The average molecular weight is 434 g/mol. The minimum Gasteiger partial charge on any atom is -0.466 e. The largest absolute Gasteiger partial charge is 0.466 e. The van der Waals surface area contributed by atoms with E-state index in [9.17, 15) is 14.4 Å². The number of esters is 1. The fourth-order valence-corrected chi connectivity index (χ4v) is 2.67. The fourth-order valence-electron chi connectivity index (χ4n) is 2.67. The van der Waals surface area contributed by atoms with Gasteiger partial charge in [-0.25, -0.2) is 0 Å². The Balaban J connectivity index is 1.90. The maximum Gasteiger partial charge on any atom is 0.308 e. The van der Waals surface area contributed by atoms with Gasteiger partial charge in [-0.05, 0) is 36.8 Å². The molecule has 0 saturated heterocycles. The molecule has 32 heavy (non-hydrogen) atoms. The minimum atomic E-state index is -0.721. The van der Waals surface area contributed by atoms with E-state index in [2.05, 4.69) is 27.6 Å². The summed E-state index contributed by atoms with van der Waals surface area (Å²) in [6, 6.07) is 15.4. The van der Waals surface area contributed by atoms with Gasteiger partial charge in [-0.3, -0.25) is 14.4 Å². The van der Waals surface area contributed by atoms with Crippen LogP contribution in [0.3, 0.4) is 0 Å². The van der Waals surface area contributed by atoms with Gasteiger partial charge >= 0.3 is 5.97 Å². The molecule has 0 aliphatic heterocycles. The summed E-state index contributed by atoms with van der Waals surface area (Å²) in [6.07, 6.45) is 1.35. The third-order valence-corrected chi connectivity index (χ3v) is 4.17. The molecule has 0 saturated carbocycles. The van der Waals surface area contributed by atoms with Crippen LogP contribution in [-0.2, 0) is 19.1 Å². The van der Waals surface area contributed by atoms with Gasteiger partial charge in [0, 0.05) is 24.1 Å². The number of amides is 2. The fraction of sp³-hybridized carbons (Fsp3) is 0.250. The lowest BCUT2D eigenvalue weighted by atomic mass is 10.1. The lowest BCUT2D eigenvalue weighted by Gasteiger charge is -2.13. The Bertz CT molecular complexity index is 992. The molecule has 1 atom stereocenters. The number of nitrogens with two attached hydrogens (primary N) is 1. The Morgan fingerprint density at radius 3 is 2.41 bits per heavy atom. The molecule has 2 aromatic carbocycles. The highest BCUT2D eigenvalue weighted by molar-refractivity contribution is 5.93. The molecule has 8 nitrogen and oxygen atoms in total. The lowest BCUT2D eigenvalue weighted by Crippen LogP contribution is -2.36. The summed E-state index contributed by atoms with van der Waals surface area (Å²) in [5.41, 5.74) is 2.16. The van der Waals surface area contributed by atoms with Crippen molar-refractivity contribution in [2.24, 2.45) is 10.9 Å². The van der Waals surface area contributed by atoms with Gasteiger partial charge in [-0.15, -0.1) is 0 Å². The van der Waals surface area contributed by atoms with Crippen LogP contribution in [0.1, 0.15) is 37.3 Å². The summed E-state index contributed by atoms with van der Waals surface area (Å²) < 4.78 is 4.96. The molecule has 1 unspecified atom stereocenters. The second-order valence-electron chi connectivity index (χ2n) is 6.71. The van der Waals surface area contributed by atoms with Crippen LogP contribution in [0, 0.1) is 11.8 Å². The molecule has 8 heteroatoms. The van der Waals surface area contributed by atoms with Crippen molar-refractivity contribution in [1.82, 2.24) is 5.32 Å². The molecule has 0 fully saturated rings. The zero-order valence-corrected chi connectivity index (χ0v) is 17.8. The van der Waals surface area contributed by atoms with Crippen molar-refractivity contribution >= 4 is 29.7 Å². The van der Waals surface area contributed by atoms with Gasteiger partial charge in [0.15, 0.2) is 0 Å². The van der Waals surface area contributed by atoms with E-state index < -0.39 is 12.0 Å². The number of carbonyl (C=O) groups is 3. The molecular weight excluding hydrogens is 408 g/mol.